The average Bonchev–Trinajstić information content (AvgIpc) is 3.15. The largest absolute Gasteiger partial charge is 0.375 e. The number of rotatable bonds is 4. The van der Waals surface area contributed by atoms with Gasteiger partial charge in [0.25, 0.3) is 0 Å². The lowest BCUT2D eigenvalue weighted by Gasteiger charge is -2.29. The van der Waals surface area contributed by atoms with E-state index in [1.54, 1.807) is 12.4 Å². The molecule has 4 rings (SSSR count). The minimum absolute atomic E-state index is 0.0677. The Labute approximate surface area is 151 Å². The molecular weight excluding hydrogens is 330 g/mol. The number of anilines is 1. The number of aromatic amines is 1. The Hall–Kier alpha value is -2.77. The number of carbonyl (C=O) groups excluding carboxylic acids is 1. The molecule has 7 nitrogen and oxygen atoms in total. The van der Waals surface area contributed by atoms with Gasteiger partial charge in [-0.25, -0.2) is 4.98 Å². The average molecular weight is 351 g/mol. The summed E-state index contributed by atoms with van der Waals surface area (Å²) in [7, 11) is 2.04. The molecule has 1 amide bonds. The predicted molar refractivity (Wildman–Crippen MR) is 99.8 cm³/mol. The lowest BCUT2D eigenvalue weighted by atomic mass is 10.1. The SMILES string of the molecule is CN1CCOC(CC(=O)Nc2cc3cc(-c4cn[nH]c4)ccc3cn2)C1. The van der Waals surface area contributed by atoms with Crippen LogP contribution in [0.1, 0.15) is 6.42 Å². The van der Waals surface area contributed by atoms with Gasteiger partial charge >= 0.3 is 0 Å². The van der Waals surface area contributed by atoms with Crippen molar-refractivity contribution in [2.75, 3.05) is 32.1 Å². The maximum absolute atomic E-state index is 12.3. The van der Waals surface area contributed by atoms with Gasteiger partial charge in [0.1, 0.15) is 5.82 Å². The molecule has 0 bridgehead atoms. The van der Waals surface area contributed by atoms with Gasteiger partial charge in [-0.15, -0.1) is 0 Å². The number of aromatic nitrogens is 3. The Morgan fingerprint density at radius 1 is 1.31 bits per heavy atom. The molecule has 134 valence electrons. The van der Waals surface area contributed by atoms with Crippen molar-refractivity contribution in [3.8, 4) is 11.1 Å². The van der Waals surface area contributed by atoms with Crippen molar-refractivity contribution in [1.82, 2.24) is 20.1 Å². The van der Waals surface area contributed by atoms with E-state index in [9.17, 15) is 4.79 Å². The van der Waals surface area contributed by atoms with E-state index in [0.29, 0.717) is 18.8 Å². The predicted octanol–water partition coefficient (Wildman–Crippen LogP) is 2.28. The summed E-state index contributed by atoms with van der Waals surface area (Å²) in [5.74, 6) is 0.471. The molecule has 0 saturated carbocycles. The van der Waals surface area contributed by atoms with Gasteiger partial charge in [-0.2, -0.15) is 5.10 Å². The van der Waals surface area contributed by atoms with E-state index in [0.717, 1.165) is 35.0 Å². The van der Waals surface area contributed by atoms with Gasteiger partial charge in [-0.05, 0) is 30.1 Å². The van der Waals surface area contributed by atoms with E-state index >= 15 is 0 Å². The number of morpholine rings is 1. The third-order valence-electron chi connectivity index (χ3n) is 4.58. The molecular formula is C19H21N5O2. The van der Waals surface area contributed by atoms with Gasteiger partial charge in [0, 0.05) is 36.4 Å². The number of nitrogens with zero attached hydrogens (tertiary/aromatic N) is 3. The Bertz CT molecular complexity index is 909. The van der Waals surface area contributed by atoms with Crippen molar-refractivity contribution >= 4 is 22.5 Å². The van der Waals surface area contributed by atoms with Gasteiger partial charge in [-0.1, -0.05) is 12.1 Å². The van der Waals surface area contributed by atoms with Crippen LogP contribution in [-0.4, -0.2) is 58.8 Å². The molecule has 1 saturated heterocycles. The Kier molecular flexibility index (Phi) is 4.64. The molecule has 1 aliphatic rings. The number of nitrogens with one attached hydrogen (secondary N) is 2. The second-order valence-electron chi connectivity index (χ2n) is 6.63. The van der Waals surface area contributed by atoms with Crippen LogP contribution < -0.4 is 5.32 Å². The third-order valence-corrected chi connectivity index (χ3v) is 4.58. The Morgan fingerprint density at radius 2 is 2.23 bits per heavy atom. The molecule has 7 heteroatoms. The van der Waals surface area contributed by atoms with Crippen molar-refractivity contribution in [2.24, 2.45) is 0 Å². The number of H-pyrrole nitrogens is 1. The van der Waals surface area contributed by atoms with Gasteiger partial charge < -0.3 is 15.0 Å². The molecule has 1 fully saturated rings. The van der Waals surface area contributed by atoms with Crippen LogP contribution >= 0.6 is 0 Å². The maximum atomic E-state index is 12.3. The number of ether oxygens (including phenoxy) is 1. The van der Waals surface area contributed by atoms with E-state index in [-0.39, 0.29) is 12.0 Å². The third kappa shape index (κ3) is 3.74. The zero-order valence-corrected chi connectivity index (χ0v) is 14.6. The number of fused-ring (bicyclic) bond motifs is 1. The topological polar surface area (TPSA) is 83.1 Å². The van der Waals surface area contributed by atoms with E-state index in [2.05, 4.69) is 31.5 Å². The molecule has 1 atom stereocenters. The number of carbonyl (C=O) groups is 1. The number of benzene rings is 1. The van der Waals surface area contributed by atoms with Crippen LogP contribution in [0.25, 0.3) is 21.9 Å². The van der Waals surface area contributed by atoms with Crippen LogP contribution in [-0.2, 0) is 9.53 Å². The molecule has 2 N–H and O–H groups in total. The summed E-state index contributed by atoms with van der Waals surface area (Å²) in [6.45, 7) is 2.34. The highest BCUT2D eigenvalue weighted by Crippen LogP contribution is 2.24. The molecule has 1 unspecified atom stereocenters. The van der Waals surface area contributed by atoms with Crippen molar-refractivity contribution in [2.45, 2.75) is 12.5 Å². The second kappa shape index (κ2) is 7.23. The fourth-order valence-electron chi connectivity index (χ4n) is 3.19. The highest BCUT2D eigenvalue weighted by molar-refractivity contribution is 5.94. The summed E-state index contributed by atoms with van der Waals surface area (Å²) in [6, 6.07) is 8.01. The highest BCUT2D eigenvalue weighted by Gasteiger charge is 2.20. The summed E-state index contributed by atoms with van der Waals surface area (Å²) in [6.07, 6.45) is 5.67. The normalized spacial score (nSPS) is 18.1. The fraction of sp³-hybridized carbons (Fsp3) is 0.316. The van der Waals surface area contributed by atoms with E-state index < -0.39 is 0 Å². The second-order valence-corrected chi connectivity index (χ2v) is 6.63. The lowest BCUT2D eigenvalue weighted by Crippen LogP contribution is -2.41. The molecule has 0 radical (unpaired) electrons. The number of likely N-dealkylation sites (N-methyl/N-ethyl adjacent to an activating group) is 1. The lowest BCUT2D eigenvalue weighted by molar-refractivity contribution is -0.120. The first-order chi connectivity index (χ1) is 12.7. The molecule has 3 aromatic rings. The van der Waals surface area contributed by atoms with Crippen LogP contribution in [0.3, 0.4) is 0 Å². The zero-order chi connectivity index (χ0) is 17.9. The van der Waals surface area contributed by atoms with E-state index in [1.165, 1.54) is 0 Å². The maximum Gasteiger partial charge on any atom is 0.228 e. The summed E-state index contributed by atoms with van der Waals surface area (Å²) in [4.78, 5) is 18.8. The first-order valence-electron chi connectivity index (χ1n) is 8.66. The smallest absolute Gasteiger partial charge is 0.228 e. The number of hydrogen-bond donors (Lipinski definition) is 2. The quantitative estimate of drug-likeness (QED) is 0.753. The van der Waals surface area contributed by atoms with Crippen molar-refractivity contribution in [1.29, 1.82) is 0 Å². The molecule has 3 heterocycles. The van der Waals surface area contributed by atoms with Gasteiger partial charge in [0.15, 0.2) is 0 Å². The number of hydrogen-bond acceptors (Lipinski definition) is 5. The first kappa shape index (κ1) is 16.7. The van der Waals surface area contributed by atoms with Crippen LogP contribution in [0.5, 0.6) is 0 Å². The van der Waals surface area contributed by atoms with Crippen molar-refractivity contribution in [3.05, 3.63) is 42.9 Å². The molecule has 1 aromatic carbocycles. The molecule has 2 aromatic heterocycles. The van der Waals surface area contributed by atoms with Gasteiger partial charge in [0.2, 0.25) is 5.91 Å². The number of amides is 1. The minimum atomic E-state index is -0.0804. The molecule has 26 heavy (non-hydrogen) atoms. The summed E-state index contributed by atoms with van der Waals surface area (Å²) < 4.78 is 5.65. The van der Waals surface area contributed by atoms with Crippen LogP contribution in [0.4, 0.5) is 5.82 Å². The molecule has 0 spiro atoms. The van der Waals surface area contributed by atoms with E-state index in [1.807, 2.05) is 31.4 Å². The summed E-state index contributed by atoms with van der Waals surface area (Å²) in [5.41, 5.74) is 2.08. The van der Waals surface area contributed by atoms with E-state index in [4.69, 9.17) is 4.74 Å². The van der Waals surface area contributed by atoms with Gasteiger partial charge in [0.05, 0.1) is 25.3 Å². The zero-order valence-electron chi connectivity index (χ0n) is 14.6. The first-order valence-corrected chi connectivity index (χ1v) is 8.66. The van der Waals surface area contributed by atoms with Gasteiger partial charge in [-0.3, -0.25) is 9.89 Å². The standard InChI is InChI=1S/C19H21N5O2/c1-24-4-5-26-17(12-24)8-19(25)23-18-7-15-6-13(16-10-21-22-11-16)2-3-14(15)9-20-18/h2-3,6-7,9-11,17H,4-5,8,12H2,1H3,(H,21,22)(H,20,23,25). The number of pyridine rings is 1. The summed E-state index contributed by atoms with van der Waals surface area (Å²) >= 11 is 0. The molecule has 1 aliphatic heterocycles. The molecule has 0 aliphatic carbocycles. The van der Waals surface area contributed by atoms with Crippen molar-refractivity contribution < 1.29 is 9.53 Å². The monoisotopic (exact) mass is 351 g/mol. The fourth-order valence-corrected chi connectivity index (χ4v) is 3.19. The Morgan fingerprint density at radius 3 is 3.04 bits per heavy atom. The van der Waals surface area contributed by atoms with Crippen LogP contribution in [0.2, 0.25) is 0 Å². The van der Waals surface area contributed by atoms with Crippen LogP contribution in [0, 0.1) is 0 Å². The van der Waals surface area contributed by atoms with Crippen LogP contribution in [0.15, 0.2) is 42.9 Å². The highest BCUT2D eigenvalue weighted by atomic mass is 16.5. The Balaban J connectivity index is 1.48. The summed E-state index contributed by atoms with van der Waals surface area (Å²) in [5, 5.41) is 11.7. The minimum Gasteiger partial charge on any atom is -0.375 e. The van der Waals surface area contributed by atoms with Crippen molar-refractivity contribution in [3.63, 3.8) is 0 Å².